The number of nitrogens with zero attached hydrogens (tertiary/aromatic N) is 5. The lowest BCUT2D eigenvalue weighted by molar-refractivity contribution is -0.147. The predicted molar refractivity (Wildman–Crippen MR) is 146 cm³/mol. The average molecular weight is 542 g/mol. The molecule has 0 spiro atoms. The molecule has 1 atom stereocenters. The van der Waals surface area contributed by atoms with E-state index in [0.29, 0.717) is 30.6 Å². The smallest absolute Gasteiger partial charge is 0.233 e. The number of para-hydroxylation sites is 1. The summed E-state index contributed by atoms with van der Waals surface area (Å²) in [6.45, 7) is 7.16. The van der Waals surface area contributed by atoms with E-state index in [9.17, 15) is 9.59 Å². The van der Waals surface area contributed by atoms with Gasteiger partial charge >= 0.3 is 0 Å². The van der Waals surface area contributed by atoms with E-state index in [1.54, 1.807) is 7.11 Å². The number of alkyl halides is 1. The molecule has 0 N–H and O–H groups in total. The van der Waals surface area contributed by atoms with Gasteiger partial charge in [0, 0.05) is 42.8 Å². The molecule has 0 radical (unpaired) electrons. The maximum absolute atomic E-state index is 13.2. The standard InChI is InChI=1S/C27H32ClN5O3S/c1-19-16-31(13-14-32(19)25(35)27(2,3)18-28)23(34)17-37-26-30-29-24(20-9-8-12-22(15-20)36-4)33(26)21-10-6-5-7-11-21/h5-12,15,19H,13-14,16-18H2,1-4H3. The van der Waals surface area contributed by atoms with Crippen molar-refractivity contribution in [3.63, 3.8) is 0 Å². The van der Waals surface area contributed by atoms with Crippen molar-refractivity contribution in [2.75, 3.05) is 38.4 Å². The van der Waals surface area contributed by atoms with Crippen molar-refractivity contribution in [2.45, 2.75) is 32.0 Å². The molecule has 8 nitrogen and oxygen atoms in total. The molecule has 37 heavy (non-hydrogen) atoms. The van der Waals surface area contributed by atoms with Crippen molar-refractivity contribution in [1.29, 1.82) is 0 Å². The van der Waals surface area contributed by atoms with E-state index in [-0.39, 0.29) is 29.5 Å². The number of amides is 2. The number of rotatable bonds is 8. The van der Waals surface area contributed by atoms with Gasteiger partial charge in [0.15, 0.2) is 11.0 Å². The molecular formula is C27H32ClN5O3S. The van der Waals surface area contributed by atoms with Gasteiger partial charge in [0.2, 0.25) is 11.8 Å². The Labute approximate surface area is 226 Å². The van der Waals surface area contributed by atoms with Gasteiger partial charge in [-0.1, -0.05) is 42.1 Å². The minimum absolute atomic E-state index is 0.00564. The van der Waals surface area contributed by atoms with E-state index in [4.69, 9.17) is 16.3 Å². The van der Waals surface area contributed by atoms with Gasteiger partial charge in [-0.15, -0.1) is 21.8 Å². The van der Waals surface area contributed by atoms with Crippen molar-refractivity contribution >= 4 is 35.2 Å². The zero-order chi connectivity index (χ0) is 26.6. The zero-order valence-corrected chi connectivity index (χ0v) is 23.1. The lowest BCUT2D eigenvalue weighted by Crippen LogP contribution is -2.58. The summed E-state index contributed by atoms with van der Waals surface area (Å²) in [5.41, 5.74) is 1.14. The molecule has 2 heterocycles. The summed E-state index contributed by atoms with van der Waals surface area (Å²) in [4.78, 5) is 29.7. The molecule has 2 amide bonds. The molecule has 10 heteroatoms. The summed E-state index contributed by atoms with van der Waals surface area (Å²) in [7, 11) is 1.63. The molecule has 1 unspecified atom stereocenters. The molecule has 0 aliphatic carbocycles. The number of ether oxygens (including phenoxy) is 1. The second-order valence-corrected chi connectivity index (χ2v) is 10.9. The molecule has 1 aliphatic heterocycles. The number of carbonyl (C=O) groups is 2. The highest BCUT2D eigenvalue weighted by atomic mass is 35.5. The maximum atomic E-state index is 13.2. The van der Waals surface area contributed by atoms with Gasteiger partial charge in [-0.25, -0.2) is 0 Å². The van der Waals surface area contributed by atoms with Crippen LogP contribution in [0.25, 0.3) is 17.1 Å². The first-order valence-corrected chi connectivity index (χ1v) is 13.7. The molecular weight excluding hydrogens is 510 g/mol. The monoisotopic (exact) mass is 541 g/mol. The number of carbonyl (C=O) groups excluding carboxylic acids is 2. The van der Waals surface area contributed by atoms with Gasteiger partial charge < -0.3 is 14.5 Å². The van der Waals surface area contributed by atoms with Crippen molar-refractivity contribution in [3.8, 4) is 22.8 Å². The Morgan fingerprint density at radius 3 is 2.54 bits per heavy atom. The van der Waals surface area contributed by atoms with Crippen molar-refractivity contribution in [3.05, 3.63) is 54.6 Å². The van der Waals surface area contributed by atoms with Gasteiger partial charge in [0.1, 0.15) is 5.75 Å². The van der Waals surface area contributed by atoms with E-state index in [1.807, 2.05) is 89.7 Å². The van der Waals surface area contributed by atoms with Crippen LogP contribution in [0.2, 0.25) is 0 Å². The Hall–Kier alpha value is -3.04. The normalized spacial score (nSPS) is 16.1. The number of halogens is 1. The van der Waals surface area contributed by atoms with Gasteiger partial charge in [0.25, 0.3) is 0 Å². The average Bonchev–Trinajstić information content (AvgIpc) is 3.35. The summed E-state index contributed by atoms with van der Waals surface area (Å²) >= 11 is 7.37. The largest absolute Gasteiger partial charge is 0.497 e. The van der Waals surface area contributed by atoms with E-state index >= 15 is 0 Å². The Morgan fingerprint density at radius 1 is 1.11 bits per heavy atom. The van der Waals surface area contributed by atoms with Crippen molar-refractivity contribution in [1.82, 2.24) is 24.6 Å². The maximum Gasteiger partial charge on any atom is 0.233 e. The number of hydrogen-bond acceptors (Lipinski definition) is 6. The Kier molecular flexibility index (Phi) is 8.44. The molecule has 1 fully saturated rings. The lowest BCUT2D eigenvalue weighted by atomic mass is 9.93. The van der Waals surface area contributed by atoms with Crippen LogP contribution in [0.5, 0.6) is 5.75 Å². The second-order valence-electron chi connectivity index (χ2n) is 9.70. The Balaban J connectivity index is 1.49. The fourth-order valence-corrected chi connectivity index (χ4v) is 5.24. The summed E-state index contributed by atoms with van der Waals surface area (Å²) < 4.78 is 7.35. The number of piperazine rings is 1. The summed E-state index contributed by atoms with van der Waals surface area (Å²) in [6, 6.07) is 17.4. The number of thioether (sulfide) groups is 1. The van der Waals surface area contributed by atoms with Crippen LogP contribution in [-0.2, 0) is 9.59 Å². The van der Waals surface area contributed by atoms with E-state index in [0.717, 1.165) is 17.0 Å². The third-order valence-corrected chi connectivity index (χ3v) is 8.04. The Morgan fingerprint density at radius 2 is 1.86 bits per heavy atom. The van der Waals surface area contributed by atoms with Crippen LogP contribution in [-0.4, -0.2) is 80.8 Å². The first-order valence-electron chi connectivity index (χ1n) is 12.2. The van der Waals surface area contributed by atoms with E-state index < -0.39 is 5.41 Å². The summed E-state index contributed by atoms with van der Waals surface area (Å²) in [5, 5.41) is 9.51. The highest BCUT2D eigenvalue weighted by molar-refractivity contribution is 7.99. The minimum atomic E-state index is -0.625. The van der Waals surface area contributed by atoms with Crippen LogP contribution in [0.4, 0.5) is 0 Å². The molecule has 1 saturated heterocycles. The number of benzene rings is 2. The van der Waals surface area contributed by atoms with Crippen molar-refractivity contribution < 1.29 is 14.3 Å². The van der Waals surface area contributed by atoms with Crippen LogP contribution in [0, 0.1) is 5.41 Å². The third kappa shape index (κ3) is 5.93. The quantitative estimate of drug-likeness (QED) is 0.311. The number of hydrogen-bond donors (Lipinski definition) is 0. The first kappa shape index (κ1) is 27.0. The fourth-order valence-electron chi connectivity index (χ4n) is 4.27. The van der Waals surface area contributed by atoms with Gasteiger partial charge in [-0.05, 0) is 45.0 Å². The van der Waals surface area contributed by atoms with Crippen LogP contribution >= 0.6 is 23.4 Å². The summed E-state index contributed by atoms with van der Waals surface area (Å²) in [5.74, 6) is 1.91. The lowest BCUT2D eigenvalue weighted by Gasteiger charge is -2.42. The molecule has 1 aromatic heterocycles. The summed E-state index contributed by atoms with van der Waals surface area (Å²) in [6.07, 6.45) is 0. The van der Waals surface area contributed by atoms with Crippen LogP contribution in [0.15, 0.2) is 59.8 Å². The van der Waals surface area contributed by atoms with Crippen LogP contribution in [0.1, 0.15) is 20.8 Å². The van der Waals surface area contributed by atoms with Gasteiger partial charge in [0.05, 0.1) is 18.3 Å². The molecule has 196 valence electrons. The highest BCUT2D eigenvalue weighted by Crippen LogP contribution is 2.30. The minimum Gasteiger partial charge on any atom is -0.497 e. The van der Waals surface area contributed by atoms with Crippen molar-refractivity contribution in [2.24, 2.45) is 5.41 Å². The molecule has 0 bridgehead atoms. The highest BCUT2D eigenvalue weighted by Gasteiger charge is 2.37. The van der Waals surface area contributed by atoms with E-state index in [1.165, 1.54) is 11.8 Å². The number of methoxy groups -OCH3 is 1. The van der Waals surface area contributed by atoms with Gasteiger partial charge in [-0.3, -0.25) is 14.2 Å². The van der Waals surface area contributed by atoms with Crippen LogP contribution < -0.4 is 4.74 Å². The second kappa shape index (κ2) is 11.6. The number of aromatic nitrogens is 3. The topological polar surface area (TPSA) is 80.6 Å². The van der Waals surface area contributed by atoms with E-state index in [2.05, 4.69) is 10.2 Å². The fraction of sp³-hybridized carbons (Fsp3) is 0.407. The first-order chi connectivity index (χ1) is 17.7. The molecule has 4 rings (SSSR count). The third-order valence-electron chi connectivity index (χ3n) is 6.45. The SMILES string of the molecule is COc1cccc(-c2nnc(SCC(=O)N3CCN(C(=O)C(C)(C)CCl)C(C)C3)n2-c2ccccc2)c1. The molecule has 3 aromatic rings. The predicted octanol–water partition coefficient (Wildman–Crippen LogP) is 4.36. The molecule has 1 aliphatic rings. The Bertz CT molecular complexity index is 1250. The molecule has 0 saturated carbocycles. The molecule has 2 aromatic carbocycles. The van der Waals surface area contributed by atoms with Gasteiger partial charge in [-0.2, -0.15) is 0 Å². The van der Waals surface area contributed by atoms with Crippen LogP contribution in [0.3, 0.4) is 0 Å². The zero-order valence-electron chi connectivity index (χ0n) is 21.6.